The van der Waals surface area contributed by atoms with Gasteiger partial charge in [-0.2, -0.15) is 0 Å². The topological polar surface area (TPSA) is 12.5 Å². The summed E-state index contributed by atoms with van der Waals surface area (Å²) in [7, 11) is 0. The van der Waals surface area contributed by atoms with Gasteiger partial charge in [-0.3, -0.25) is 4.90 Å². The second-order valence-corrected chi connectivity index (χ2v) is 6.81. The first-order valence-electron chi connectivity index (χ1n) is 9.26. The molecular formula is C18H35NO. The van der Waals surface area contributed by atoms with Crippen LogP contribution in [0.15, 0.2) is 0 Å². The first kappa shape index (κ1) is 16.3. The highest BCUT2D eigenvalue weighted by molar-refractivity contribution is 4.78. The van der Waals surface area contributed by atoms with Crippen molar-refractivity contribution in [3.63, 3.8) is 0 Å². The van der Waals surface area contributed by atoms with E-state index in [0.717, 1.165) is 12.6 Å². The van der Waals surface area contributed by atoms with Gasteiger partial charge >= 0.3 is 0 Å². The Hall–Kier alpha value is -0.0800. The fourth-order valence-electron chi connectivity index (χ4n) is 3.83. The predicted octanol–water partition coefficient (Wildman–Crippen LogP) is 4.77. The van der Waals surface area contributed by atoms with Gasteiger partial charge in [-0.25, -0.2) is 0 Å². The van der Waals surface area contributed by atoms with Gasteiger partial charge in [0.05, 0.1) is 12.7 Å². The Bertz CT molecular complexity index is 232. The Labute approximate surface area is 126 Å². The molecule has 1 aliphatic heterocycles. The molecule has 2 fully saturated rings. The first-order valence-corrected chi connectivity index (χ1v) is 9.26. The van der Waals surface area contributed by atoms with Crippen LogP contribution in [0.3, 0.4) is 0 Å². The first-order chi connectivity index (χ1) is 9.90. The molecular weight excluding hydrogens is 246 g/mol. The molecule has 0 aromatic carbocycles. The predicted molar refractivity (Wildman–Crippen MR) is 86.2 cm³/mol. The monoisotopic (exact) mass is 281 g/mol. The van der Waals surface area contributed by atoms with Crippen molar-refractivity contribution < 1.29 is 4.74 Å². The summed E-state index contributed by atoms with van der Waals surface area (Å²) < 4.78 is 5.84. The van der Waals surface area contributed by atoms with Gasteiger partial charge in [-0.05, 0) is 19.3 Å². The summed E-state index contributed by atoms with van der Waals surface area (Å²) >= 11 is 0. The van der Waals surface area contributed by atoms with E-state index < -0.39 is 0 Å². The lowest BCUT2D eigenvalue weighted by atomic mass is 9.96. The molecule has 2 nitrogen and oxygen atoms in total. The fourth-order valence-corrected chi connectivity index (χ4v) is 3.83. The third-order valence-corrected chi connectivity index (χ3v) is 5.22. The fraction of sp³-hybridized carbons (Fsp3) is 1.00. The minimum Gasteiger partial charge on any atom is -0.376 e. The maximum atomic E-state index is 5.84. The quantitative estimate of drug-likeness (QED) is 0.723. The minimum atomic E-state index is 0.491. The summed E-state index contributed by atoms with van der Waals surface area (Å²) in [5.74, 6) is 0. The van der Waals surface area contributed by atoms with Gasteiger partial charge in [0.25, 0.3) is 0 Å². The molecule has 118 valence electrons. The summed E-state index contributed by atoms with van der Waals surface area (Å²) in [4.78, 5) is 2.75. The summed E-state index contributed by atoms with van der Waals surface area (Å²) in [6.45, 7) is 5.56. The number of rotatable bonds is 2. The smallest absolute Gasteiger partial charge is 0.0700 e. The second kappa shape index (κ2) is 9.78. The SMILES string of the molecule is CCC1CN(C2CCCCCCCCCCC2)CCO1. The molecule has 20 heavy (non-hydrogen) atoms. The Morgan fingerprint density at radius 2 is 1.40 bits per heavy atom. The van der Waals surface area contributed by atoms with Crippen LogP contribution in [0, 0.1) is 0 Å². The van der Waals surface area contributed by atoms with Crippen molar-refractivity contribution in [1.29, 1.82) is 0 Å². The van der Waals surface area contributed by atoms with Crippen molar-refractivity contribution in [3.05, 3.63) is 0 Å². The van der Waals surface area contributed by atoms with Crippen molar-refractivity contribution in [2.24, 2.45) is 0 Å². The Morgan fingerprint density at radius 1 is 0.850 bits per heavy atom. The van der Waals surface area contributed by atoms with Crippen molar-refractivity contribution in [2.45, 2.75) is 96.1 Å². The van der Waals surface area contributed by atoms with Gasteiger partial charge in [0.1, 0.15) is 0 Å². The average molecular weight is 281 g/mol. The third-order valence-electron chi connectivity index (χ3n) is 5.22. The molecule has 1 saturated carbocycles. The maximum Gasteiger partial charge on any atom is 0.0700 e. The second-order valence-electron chi connectivity index (χ2n) is 6.81. The van der Waals surface area contributed by atoms with E-state index in [1.807, 2.05) is 0 Å². The van der Waals surface area contributed by atoms with Crippen molar-refractivity contribution in [2.75, 3.05) is 19.7 Å². The molecule has 2 aliphatic rings. The summed E-state index contributed by atoms with van der Waals surface area (Å²) in [5.41, 5.74) is 0. The van der Waals surface area contributed by atoms with Gasteiger partial charge in [-0.15, -0.1) is 0 Å². The number of nitrogens with zero attached hydrogens (tertiary/aromatic N) is 1. The van der Waals surface area contributed by atoms with Crippen LogP contribution in [0.5, 0.6) is 0 Å². The molecule has 0 amide bonds. The Morgan fingerprint density at radius 3 is 1.95 bits per heavy atom. The molecule has 1 unspecified atom stereocenters. The van der Waals surface area contributed by atoms with Crippen LogP contribution < -0.4 is 0 Å². The zero-order valence-electron chi connectivity index (χ0n) is 13.6. The van der Waals surface area contributed by atoms with Crippen LogP contribution in [0.2, 0.25) is 0 Å². The van der Waals surface area contributed by atoms with Gasteiger partial charge < -0.3 is 4.74 Å². The van der Waals surface area contributed by atoms with E-state index >= 15 is 0 Å². The molecule has 0 bridgehead atoms. The van der Waals surface area contributed by atoms with Gasteiger partial charge in [0.15, 0.2) is 0 Å². The van der Waals surface area contributed by atoms with Gasteiger partial charge in [-0.1, -0.05) is 64.7 Å². The molecule has 1 heterocycles. The molecule has 0 aromatic rings. The van der Waals surface area contributed by atoms with Crippen LogP contribution in [-0.2, 0) is 4.74 Å². The van der Waals surface area contributed by atoms with E-state index in [9.17, 15) is 0 Å². The maximum absolute atomic E-state index is 5.84. The molecule has 1 saturated heterocycles. The highest BCUT2D eigenvalue weighted by atomic mass is 16.5. The molecule has 0 aromatic heterocycles. The normalized spacial score (nSPS) is 29.6. The lowest BCUT2D eigenvalue weighted by Crippen LogP contribution is -2.47. The molecule has 1 aliphatic carbocycles. The van der Waals surface area contributed by atoms with E-state index in [0.29, 0.717) is 6.10 Å². The highest BCUT2D eigenvalue weighted by Gasteiger charge is 2.25. The van der Waals surface area contributed by atoms with E-state index in [4.69, 9.17) is 4.74 Å². The number of morpholine rings is 1. The van der Waals surface area contributed by atoms with Gasteiger partial charge in [0.2, 0.25) is 0 Å². The molecule has 2 rings (SSSR count). The standard InChI is InChI=1S/C18H35NO/c1-2-18-16-19(14-15-20-18)17-12-10-8-6-4-3-5-7-9-11-13-17/h17-18H,2-16H2,1H3. The third kappa shape index (κ3) is 5.73. The minimum absolute atomic E-state index is 0.491. The summed E-state index contributed by atoms with van der Waals surface area (Å²) in [5, 5.41) is 0. The van der Waals surface area contributed by atoms with Crippen LogP contribution in [-0.4, -0.2) is 36.7 Å². The number of ether oxygens (including phenoxy) is 1. The highest BCUT2D eigenvalue weighted by Crippen LogP contribution is 2.22. The van der Waals surface area contributed by atoms with E-state index in [1.54, 1.807) is 0 Å². The Balaban J connectivity index is 1.81. The van der Waals surface area contributed by atoms with Crippen molar-refractivity contribution >= 4 is 0 Å². The van der Waals surface area contributed by atoms with Gasteiger partial charge in [0, 0.05) is 19.1 Å². The molecule has 0 spiro atoms. The molecule has 0 radical (unpaired) electrons. The zero-order valence-corrected chi connectivity index (χ0v) is 13.6. The number of hydrogen-bond donors (Lipinski definition) is 0. The average Bonchev–Trinajstić information content (AvgIpc) is 2.48. The lowest BCUT2D eigenvalue weighted by molar-refractivity contribution is -0.0472. The van der Waals surface area contributed by atoms with Crippen molar-refractivity contribution in [1.82, 2.24) is 4.90 Å². The zero-order chi connectivity index (χ0) is 14.0. The van der Waals surface area contributed by atoms with E-state index in [1.165, 1.54) is 90.1 Å². The van der Waals surface area contributed by atoms with Crippen LogP contribution in [0.25, 0.3) is 0 Å². The van der Waals surface area contributed by atoms with E-state index in [-0.39, 0.29) is 0 Å². The lowest BCUT2D eigenvalue weighted by Gasteiger charge is -2.38. The van der Waals surface area contributed by atoms with Crippen molar-refractivity contribution in [3.8, 4) is 0 Å². The summed E-state index contributed by atoms with van der Waals surface area (Å²) in [6.07, 6.45) is 17.7. The molecule has 2 heteroatoms. The molecule has 1 atom stereocenters. The largest absolute Gasteiger partial charge is 0.376 e. The van der Waals surface area contributed by atoms with E-state index in [2.05, 4.69) is 11.8 Å². The van der Waals surface area contributed by atoms with Crippen LogP contribution >= 0.6 is 0 Å². The molecule has 0 N–H and O–H groups in total. The number of hydrogen-bond acceptors (Lipinski definition) is 2. The van der Waals surface area contributed by atoms with Crippen LogP contribution in [0.1, 0.15) is 84.0 Å². The van der Waals surface area contributed by atoms with Crippen LogP contribution in [0.4, 0.5) is 0 Å². The summed E-state index contributed by atoms with van der Waals surface area (Å²) in [6, 6.07) is 0.840. The Kier molecular flexibility index (Phi) is 7.97.